The van der Waals surface area contributed by atoms with E-state index in [2.05, 4.69) is 44.2 Å². The summed E-state index contributed by atoms with van der Waals surface area (Å²) in [6, 6.07) is 13.3. The molecule has 0 bridgehead atoms. The van der Waals surface area contributed by atoms with E-state index in [-0.39, 0.29) is 15.8 Å². The Morgan fingerprint density at radius 1 is 1.21 bits per heavy atom. The third-order valence-electron chi connectivity index (χ3n) is 5.40. The molecule has 2 heterocycles. The molecule has 1 unspecified atom stereocenters. The van der Waals surface area contributed by atoms with Gasteiger partial charge in [-0.2, -0.15) is 0 Å². The van der Waals surface area contributed by atoms with Crippen LogP contribution in [0.3, 0.4) is 0 Å². The molecule has 1 saturated heterocycles. The molecule has 0 aliphatic carbocycles. The number of carboxylic acid groups (broad SMARTS) is 1. The Balaban J connectivity index is 1.44. The van der Waals surface area contributed by atoms with Crippen molar-refractivity contribution in [2.45, 2.75) is 17.8 Å². The van der Waals surface area contributed by atoms with E-state index in [1.165, 1.54) is 0 Å². The number of hydrogen-bond donors (Lipinski definition) is 2. The standard InChI is InChI=1S/C23H21As2Cl2N4O2/c24-21-22(25-10-16-17(26)2-1-3-18(16)27)30-19(11-29-21)15-6-4-14(5-7-15)12-31-9-8-28-20(13-31)23(32)33/h1-7,11,20,28H,8-10,12-13H2,(H,32,33). The Morgan fingerprint density at radius 2 is 1.94 bits per heavy atom. The van der Waals surface area contributed by atoms with Crippen LogP contribution < -0.4 is 14.3 Å². The average molecular weight is 606 g/mol. The predicted octanol–water partition coefficient (Wildman–Crippen LogP) is 1.63. The van der Waals surface area contributed by atoms with E-state index in [9.17, 15) is 9.90 Å². The van der Waals surface area contributed by atoms with E-state index in [1.807, 2.05) is 30.3 Å². The number of hydrogen-bond acceptors (Lipinski definition) is 5. The Kier molecular flexibility index (Phi) is 8.51. The average Bonchev–Trinajstić information content (AvgIpc) is 2.80. The van der Waals surface area contributed by atoms with Gasteiger partial charge in [0.1, 0.15) is 0 Å². The molecular weight excluding hydrogens is 585 g/mol. The van der Waals surface area contributed by atoms with Crippen molar-refractivity contribution >= 4 is 70.7 Å². The monoisotopic (exact) mass is 605 g/mol. The van der Waals surface area contributed by atoms with E-state index in [1.54, 1.807) is 6.20 Å². The van der Waals surface area contributed by atoms with Crippen molar-refractivity contribution in [2.24, 2.45) is 0 Å². The minimum absolute atomic E-state index is 0.294. The molecule has 0 saturated carbocycles. The first kappa shape index (κ1) is 24.7. The zero-order valence-electron chi connectivity index (χ0n) is 17.6. The van der Waals surface area contributed by atoms with E-state index < -0.39 is 12.0 Å². The molecule has 3 radical (unpaired) electrons. The van der Waals surface area contributed by atoms with Gasteiger partial charge in [-0.3, -0.25) is 4.79 Å². The summed E-state index contributed by atoms with van der Waals surface area (Å²) in [6.45, 7) is 2.73. The molecule has 10 heteroatoms. The van der Waals surface area contributed by atoms with Crippen LogP contribution in [0, 0.1) is 0 Å². The maximum atomic E-state index is 11.3. The number of piperazine rings is 1. The van der Waals surface area contributed by atoms with Crippen LogP contribution in [0.1, 0.15) is 11.1 Å². The van der Waals surface area contributed by atoms with Crippen LogP contribution >= 0.6 is 23.2 Å². The third-order valence-corrected chi connectivity index (χ3v) is 9.90. The molecule has 6 nitrogen and oxygen atoms in total. The summed E-state index contributed by atoms with van der Waals surface area (Å²) < 4.78 is 1.86. The second kappa shape index (κ2) is 11.4. The Hall–Kier alpha value is -1.39. The third kappa shape index (κ3) is 6.39. The van der Waals surface area contributed by atoms with Crippen molar-refractivity contribution in [3.8, 4) is 11.3 Å². The van der Waals surface area contributed by atoms with E-state index in [4.69, 9.17) is 28.2 Å². The Bertz CT molecular complexity index is 1130. The normalized spacial score (nSPS) is 17.0. The number of carboxylic acids is 1. The molecule has 4 rings (SSSR count). The van der Waals surface area contributed by atoms with Crippen molar-refractivity contribution in [3.63, 3.8) is 0 Å². The SMILES string of the molecule is O=C(O)C1CN(Cc2ccc(-c3cnc([As])c([As]Cc4c(Cl)cccc4Cl)n3)cc2)CCN1. The number of nitrogens with one attached hydrogen (secondary N) is 1. The van der Waals surface area contributed by atoms with Crippen molar-refractivity contribution in [1.29, 1.82) is 0 Å². The van der Waals surface area contributed by atoms with Gasteiger partial charge in [0.25, 0.3) is 0 Å². The zero-order valence-corrected chi connectivity index (χ0v) is 22.8. The molecule has 3 aromatic rings. The zero-order chi connectivity index (χ0) is 23.4. The van der Waals surface area contributed by atoms with E-state index in [0.717, 1.165) is 49.6 Å². The van der Waals surface area contributed by atoms with Crippen molar-refractivity contribution in [2.75, 3.05) is 19.6 Å². The first-order valence-electron chi connectivity index (χ1n) is 10.3. The van der Waals surface area contributed by atoms with Crippen molar-refractivity contribution in [1.82, 2.24) is 20.2 Å². The summed E-state index contributed by atoms with van der Waals surface area (Å²) in [4.78, 5) is 22.8. The number of aromatic nitrogens is 2. The molecule has 169 valence electrons. The number of carbonyl (C=O) groups is 1. The molecular formula is C23H21As2Cl2N4O2. The molecule has 1 aliphatic heterocycles. The predicted molar refractivity (Wildman–Crippen MR) is 133 cm³/mol. The molecule has 1 aromatic heterocycles. The Morgan fingerprint density at radius 3 is 2.64 bits per heavy atom. The fraction of sp³-hybridized carbons (Fsp3) is 0.261. The maximum absolute atomic E-state index is 11.3. The van der Waals surface area contributed by atoms with Gasteiger partial charge in [0.2, 0.25) is 0 Å². The van der Waals surface area contributed by atoms with E-state index >= 15 is 0 Å². The van der Waals surface area contributed by atoms with Gasteiger partial charge in [-0.15, -0.1) is 0 Å². The summed E-state index contributed by atoms with van der Waals surface area (Å²) in [5.41, 5.74) is 3.93. The molecule has 1 atom stereocenters. The second-order valence-corrected chi connectivity index (χ2v) is 11.6. The summed E-state index contributed by atoms with van der Waals surface area (Å²) >= 11 is 14.9. The number of aliphatic carboxylic acids is 1. The van der Waals surface area contributed by atoms with E-state index in [0.29, 0.717) is 23.1 Å². The van der Waals surface area contributed by atoms with Gasteiger partial charge in [-0.05, 0) is 0 Å². The minimum atomic E-state index is -0.804. The molecule has 1 aliphatic rings. The number of rotatable bonds is 7. The molecule has 0 spiro atoms. The van der Waals surface area contributed by atoms with Crippen LogP contribution in [0.5, 0.6) is 0 Å². The molecule has 2 aromatic carbocycles. The molecule has 33 heavy (non-hydrogen) atoms. The first-order valence-corrected chi connectivity index (χ1v) is 14.3. The Labute approximate surface area is 218 Å². The molecule has 1 fully saturated rings. The van der Waals surface area contributed by atoms with Gasteiger partial charge in [-0.25, -0.2) is 0 Å². The van der Waals surface area contributed by atoms with Crippen molar-refractivity contribution in [3.05, 3.63) is 69.8 Å². The summed E-state index contributed by atoms with van der Waals surface area (Å²) in [5.74, 6) is -0.804. The summed E-state index contributed by atoms with van der Waals surface area (Å²) in [7, 11) is 0. The van der Waals surface area contributed by atoms with Crippen LogP contribution in [0.25, 0.3) is 11.3 Å². The van der Waals surface area contributed by atoms with Crippen LogP contribution in [-0.2, 0) is 16.5 Å². The van der Waals surface area contributed by atoms with Gasteiger partial charge >= 0.3 is 209 Å². The van der Waals surface area contributed by atoms with Crippen LogP contribution in [0.4, 0.5) is 0 Å². The van der Waals surface area contributed by atoms with Crippen molar-refractivity contribution < 1.29 is 9.90 Å². The summed E-state index contributed by atoms with van der Waals surface area (Å²) in [6.07, 6.45) is 1.80. The van der Waals surface area contributed by atoms with Crippen LogP contribution in [-0.4, -0.2) is 84.2 Å². The van der Waals surface area contributed by atoms with Gasteiger partial charge in [0.15, 0.2) is 0 Å². The topological polar surface area (TPSA) is 78.3 Å². The van der Waals surface area contributed by atoms with Gasteiger partial charge in [0.05, 0.1) is 0 Å². The molecule has 0 amide bonds. The first-order chi connectivity index (χ1) is 15.9. The molecule has 2 N–H and O–H groups in total. The number of halogens is 2. The van der Waals surface area contributed by atoms with Gasteiger partial charge in [-0.1, -0.05) is 0 Å². The van der Waals surface area contributed by atoms with Crippen LogP contribution in [0.15, 0.2) is 48.7 Å². The van der Waals surface area contributed by atoms with Crippen LogP contribution in [0.2, 0.25) is 10.0 Å². The number of benzene rings is 2. The van der Waals surface area contributed by atoms with Gasteiger partial charge < -0.3 is 5.11 Å². The van der Waals surface area contributed by atoms with Gasteiger partial charge in [0, 0.05) is 0 Å². The number of nitrogens with zero attached hydrogens (tertiary/aromatic N) is 3. The quantitative estimate of drug-likeness (QED) is 0.399. The second-order valence-electron chi connectivity index (χ2n) is 7.70. The summed E-state index contributed by atoms with van der Waals surface area (Å²) in [5, 5.41) is 14.4. The fourth-order valence-electron chi connectivity index (χ4n) is 3.61. The fourth-order valence-corrected chi connectivity index (χ4v) is 7.70.